The number of carbonyl (C=O) groups is 3. The summed E-state index contributed by atoms with van der Waals surface area (Å²) >= 11 is 1.11. The minimum Gasteiger partial charge on any atom is -0.477 e. The van der Waals surface area contributed by atoms with Crippen LogP contribution in [0.1, 0.15) is 21.5 Å². The summed E-state index contributed by atoms with van der Waals surface area (Å²) in [7, 11) is 0. The average Bonchev–Trinajstić information content (AvgIpc) is 2.72. The molecule has 0 atom stereocenters. The van der Waals surface area contributed by atoms with Gasteiger partial charge in [-0.1, -0.05) is 0 Å². The van der Waals surface area contributed by atoms with Crippen molar-refractivity contribution in [3.05, 3.63) is 21.9 Å². The molecule has 6 nitrogen and oxygen atoms in total. The van der Waals surface area contributed by atoms with E-state index in [0.29, 0.717) is 0 Å². The molecular formula is C10H12N2O4S. The second-order valence-corrected chi connectivity index (χ2v) is 4.43. The van der Waals surface area contributed by atoms with Crippen molar-refractivity contribution >= 4 is 29.1 Å². The number of hydrogen-bond donors (Lipinski definition) is 3. The van der Waals surface area contributed by atoms with Gasteiger partial charge >= 0.3 is 5.97 Å². The van der Waals surface area contributed by atoms with E-state index < -0.39 is 5.97 Å². The largest absolute Gasteiger partial charge is 0.477 e. The quantitative estimate of drug-likeness (QED) is 0.701. The molecule has 17 heavy (non-hydrogen) atoms. The highest BCUT2D eigenvalue weighted by Gasteiger charge is 2.07. The number of carboxylic acid groups (broad SMARTS) is 1. The number of carboxylic acids is 1. The summed E-state index contributed by atoms with van der Waals surface area (Å²) in [5.74, 6) is -1.57. The molecule has 1 aromatic rings. The van der Waals surface area contributed by atoms with Gasteiger partial charge in [0.15, 0.2) is 0 Å². The molecule has 0 aliphatic heterocycles. The topological polar surface area (TPSA) is 95.5 Å². The third-order valence-corrected chi connectivity index (χ3v) is 2.90. The molecule has 0 spiro atoms. The number of aromatic carboxylic acids is 1. The molecule has 0 aromatic carbocycles. The van der Waals surface area contributed by atoms with Crippen LogP contribution in [0.25, 0.3) is 0 Å². The third-order valence-electron chi connectivity index (χ3n) is 1.83. The van der Waals surface area contributed by atoms with Crippen LogP contribution in [0.4, 0.5) is 0 Å². The van der Waals surface area contributed by atoms with Crippen LogP contribution in [0.2, 0.25) is 0 Å². The standard InChI is InChI=1S/C10H12N2O4S/c1-6(13)11-5-9(14)12-4-7-2-3-8(17-7)10(15)16/h2-3H,4-5H2,1H3,(H,11,13)(H,12,14)(H,15,16). The monoisotopic (exact) mass is 256 g/mol. The first-order valence-electron chi connectivity index (χ1n) is 4.82. The Morgan fingerprint density at radius 2 is 2.00 bits per heavy atom. The van der Waals surface area contributed by atoms with Crippen molar-refractivity contribution < 1.29 is 19.5 Å². The van der Waals surface area contributed by atoms with Gasteiger partial charge in [0, 0.05) is 11.8 Å². The molecule has 1 aromatic heterocycles. The number of nitrogens with one attached hydrogen (secondary N) is 2. The lowest BCUT2D eigenvalue weighted by Crippen LogP contribution is -2.35. The molecule has 7 heteroatoms. The van der Waals surface area contributed by atoms with Crippen molar-refractivity contribution in [1.82, 2.24) is 10.6 Å². The van der Waals surface area contributed by atoms with E-state index in [4.69, 9.17) is 5.11 Å². The summed E-state index contributed by atoms with van der Waals surface area (Å²) in [5.41, 5.74) is 0. The van der Waals surface area contributed by atoms with E-state index in [1.54, 1.807) is 6.07 Å². The summed E-state index contributed by atoms with van der Waals surface area (Å²) in [6.07, 6.45) is 0. The first-order valence-corrected chi connectivity index (χ1v) is 5.64. The van der Waals surface area contributed by atoms with Gasteiger partial charge in [0.25, 0.3) is 0 Å². The van der Waals surface area contributed by atoms with Crippen LogP contribution in [0.15, 0.2) is 12.1 Å². The zero-order valence-corrected chi connectivity index (χ0v) is 9.97. The Labute approximate surface area is 102 Å². The van der Waals surface area contributed by atoms with Gasteiger partial charge in [-0.25, -0.2) is 4.79 Å². The minimum atomic E-state index is -0.981. The van der Waals surface area contributed by atoms with Crippen molar-refractivity contribution in [3.63, 3.8) is 0 Å². The lowest BCUT2D eigenvalue weighted by molar-refractivity contribution is -0.125. The van der Waals surface area contributed by atoms with Gasteiger partial charge < -0.3 is 15.7 Å². The molecule has 0 aliphatic rings. The Bertz CT molecular complexity index is 441. The molecule has 0 fully saturated rings. The number of carbonyl (C=O) groups excluding carboxylic acids is 2. The number of rotatable bonds is 5. The van der Waals surface area contributed by atoms with Gasteiger partial charge in [-0.3, -0.25) is 9.59 Å². The zero-order valence-electron chi connectivity index (χ0n) is 9.15. The van der Waals surface area contributed by atoms with Crippen molar-refractivity contribution in [3.8, 4) is 0 Å². The molecule has 1 heterocycles. The summed E-state index contributed by atoms with van der Waals surface area (Å²) in [4.78, 5) is 33.4. The highest BCUT2D eigenvalue weighted by atomic mass is 32.1. The second kappa shape index (κ2) is 6.00. The highest BCUT2D eigenvalue weighted by molar-refractivity contribution is 7.13. The Balaban J connectivity index is 2.36. The highest BCUT2D eigenvalue weighted by Crippen LogP contribution is 2.15. The molecule has 0 radical (unpaired) electrons. The summed E-state index contributed by atoms with van der Waals surface area (Å²) in [5, 5.41) is 13.6. The second-order valence-electron chi connectivity index (χ2n) is 3.26. The lowest BCUT2D eigenvalue weighted by Gasteiger charge is -2.03. The Morgan fingerprint density at radius 1 is 1.29 bits per heavy atom. The molecule has 92 valence electrons. The van der Waals surface area contributed by atoms with Crippen LogP contribution in [0.3, 0.4) is 0 Å². The maximum absolute atomic E-state index is 11.2. The Morgan fingerprint density at radius 3 is 2.53 bits per heavy atom. The summed E-state index contributed by atoms with van der Waals surface area (Å²) in [6.45, 7) is 1.51. The van der Waals surface area contributed by atoms with Crippen molar-refractivity contribution in [2.75, 3.05) is 6.54 Å². The Kier molecular flexibility index (Phi) is 4.65. The molecule has 0 saturated carbocycles. The van der Waals surface area contributed by atoms with Gasteiger partial charge in [0.2, 0.25) is 11.8 Å². The zero-order chi connectivity index (χ0) is 12.8. The predicted octanol–water partition coefficient (Wildman–Crippen LogP) is 0.199. The normalized spacial score (nSPS) is 9.71. The van der Waals surface area contributed by atoms with Crippen molar-refractivity contribution in [1.29, 1.82) is 0 Å². The van der Waals surface area contributed by atoms with E-state index in [0.717, 1.165) is 16.2 Å². The van der Waals surface area contributed by atoms with Crippen LogP contribution in [-0.4, -0.2) is 29.4 Å². The number of hydrogen-bond acceptors (Lipinski definition) is 4. The third kappa shape index (κ3) is 4.64. The minimum absolute atomic E-state index is 0.0769. The fourth-order valence-corrected chi connectivity index (χ4v) is 1.83. The van der Waals surface area contributed by atoms with Crippen molar-refractivity contribution in [2.45, 2.75) is 13.5 Å². The van der Waals surface area contributed by atoms with E-state index in [2.05, 4.69) is 10.6 Å². The summed E-state index contributed by atoms with van der Waals surface area (Å²) < 4.78 is 0. The molecule has 0 unspecified atom stereocenters. The first-order chi connectivity index (χ1) is 7.99. The molecular weight excluding hydrogens is 244 g/mol. The van der Waals surface area contributed by atoms with Gasteiger partial charge in [-0.2, -0.15) is 0 Å². The van der Waals surface area contributed by atoms with E-state index in [1.807, 2.05) is 0 Å². The fraction of sp³-hybridized carbons (Fsp3) is 0.300. The fourth-order valence-electron chi connectivity index (χ4n) is 1.04. The molecule has 2 amide bonds. The van der Waals surface area contributed by atoms with Crippen LogP contribution >= 0.6 is 11.3 Å². The van der Waals surface area contributed by atoms with Gasteiger partial charge in [-0.15, -0.1) is 11.3 Å². The summed E-state index contributed by atoms with van der Waals surface area (Å²) in [6, 6.07) is 3.13. The maximum atomic E-state index is 11.2. The van der Waals surface area contributed by atoms with Gasteiger partial charge in [0.1, 0.15) is 4.88 Å². The average molecular weight is 256 g/mol. The van der Waals surface area contributed by atoms with E-state index in [9.17, 15) is 14.4 Å². The van der Waals surface area contributed by atoms with E-state index >= 15 is 0 Å². The molecule has 0 bridgehead atoms. The van der Waals surface area contributed by atoms with Crippen LogP contribution in [0.5, 0.6) is 0 Å². The molecule has 3 N–H and O–H groups in total. The molecule has 1 rings (SSSR count). The SMILES string of the molecule is CC(=O)NCC(=O)NCc1ccc(C(=O)O)s1. The molecule has 0 aliphatic carbocycles. The molecule has 0 saturated heterocycles. The predicted molar refractivity (Wildman–Crippen MR) is 61.8 cm³/mol. The van der Waals surface area contributed by atoms with E-state index in [-0.39, 0.29) is 29.8 Å². The lowest BCUT2D eigenvalue weighted by atomic mass is 10.4. The smallest absolute Gasteiger partial charge is 0.345 e. The van der Waals surface area contributed by atoms with Crippen LogP contribution < -0.4 is 10.6 Å². The Hall–Kier alpha value is -1.89. The van der Waals surface area contributed by atoms with Gasteiger partial charge in [-0.05, 0) is 12.1 Å². The van der Waals surface area contributed by atoms with E-state index in [1.165, 1.54) is 13.0 Å². The maximum Gasteiger partial charge on any atom is 0.345 e. The van der Waals surface area contributed by atoms with Crippen molar-refractivity contribution in [2.24, 2.45) is 0 Å². The van der Waals surface area contributed by atoms with Crippen LogP contribution in [0, 0.1) is 0 Å². The first kappa shape index (κ1) is 13.2. The number of amides is 2. The number of thiophene rings is 1. The van der Waals surface area contributed by atoms with Gasteiger partial charge in [0.05, 0.1) is 13.1 Å². The van der Waals surface area contributed by atoms with Crippen LogP contribution in [-0.2, 0) is 16.1 Å².